The van der Waals surface area contributed by atoms with Crippen molar-refractivity contribution in [3.05, 3.63) is 62.5 Å². The Bertz CT molecular complexity index is 1150. The minimum Gasteiger partial charge on any atom is -0.486 e. The van der Waals surface area contributed by atoms with E-state index < -0.39 is 27.9 Å². The van der Waals surface area contributed by atoms with Crippen LogP contribution < -0.4 is 14.9 Å². The molecule has 10 heteroatoms. The summed E-state index contributed by atoms with van der Waals surface area (Å²) in [5, 5.41) is 10.7. The second-order valence-corrected chi connectivity index (χ2v) is 5.90. The first-order valence-electron chi connectivity index (χ1n) is 7.99. The number of nitrogens with zero attached hydrogens (tertiary/aromatic N) is 1. The van der Waals surface area contributed by atoms with Gasteiger partial charge in [0.05, 0.1) is 15.9 Å². The van der Waals surface area contributed by atoms with Gasteiger partial charge in [0.15, 0.2) is 11.3 Å². The molecule has 0 saturated heterocycles. The van der Waals surface area contributed by atoms with Gasteiger partial charge in [0.2, 0.25) is 16.9 Å². The van der Waals surface area contributed by atoms with Crippen LogP contribution in [0.4, 0.5) is 18.9 Å². The zero-order valence-corrected chi connectivity index (χ0v) is 13.9. The number of non-ortho nitro benzene ring substituents is 1. The van der Waals surface area contributed by atoms with E-state index in [1.54, 1.807) is 0 Å². The molecule has 0 N–H and O–H groups in total. The summed E-state index contributed by atoms with van der Waals surface area (Å²) in [5.41, 5.74) is -2.49. The lowest BCUT2D eigenvalue weighted by Gasteiger charge is -2.20. The van der Waals surface area contributed by atoms with Crippen LogP contribution in [0.1, 0.15) is 5.76 Å². The molecule has 0 unspecified atom stereocenters. The molecule has 0 bridgehead atoms. The van der Waals surface area contributed by atoms with Crippen molar-refractivity contribution in [2.45, 2.75) is 6.18 Å². The van der Waals surface area contributed by atoms with Gasteiger partial charge < -0.3 is 13.9 Å². The molecule has 28 heavy (non-hydrogen) atoms. The van der Waals surface area contributed by atoms with E-state index in [2.05, 4.69) is 0 Å². The van der Waals surface area contributed by atoms with Gasteiger partial charge in [0.1, 0.15) is 13.2 Å². The van der Waals surface area contributed by atoms with Gasteiger partial charge in [-0.25, -0.2) is 0 Å². The number of rotatable bonds is 2. The second-order valence-electron chi connectivity index (χ2n) is 5.90. The van der Waals surface area contributed by atoms with Crippen LogP contribution in [0, 0.1) is 10.1 Å². The predicted octanol–water partition coefficient (Wildman–Crippen LogP) is 4.16. The third-order valence-corrected chi connectivity index (χ3v) is 4.19. The standard InChI is InChI=1S/C18H10F3NO6/c19-18(20,21)17-13(9-1-3-10(4-2-9)22(24)25)14(23)11-5-6-12-16(15(11)28-17)27-8-7-26-12/h1-6H,7-8H2. The molecule has 1 aliphatic heterocycles. The number of nitro groups is 1. The maximum Gasteiger partial charge on any atom is 0.450 e. The van der Waals surface area contributed by atoms with Crippen molar-refractivity contribution in [2.24, 2.45) is 0 Å². The van der Waals surface area contributed by atoms with E-state index in [0.29, 0.717) is 0 Å². The molecule has 0 aliphatic carbocycles. The van der Waals surface area contributed by atoms with Crippen molar-refractivity contribution in [3.8, 4) is 22.6 Å². The van der Waals surface area contributed by atoms with Gasteiger partial charge in [-0.1, -0.05) is 0 Å². The molecule has 0 amide bonds. The largest absolute Gasteiger partial charge is 0.486 e. The van der Waals surface area contributed by atoms with Gasteiger partial charge in [-0.05, 0) is 29.8 Å². The van der Waals surface area contributed by atoms with E-state index in [0.717, 1.165) is 24.3 Å². The zero-order valence-electron chi connectivity index (χ0n) is 13.9. The summed E-state index contributed by atoms with van der Waals surface area (Å²) >= 11 is 0. The molecule has 1 aromatic heterocycles. The highest BCUT2D eigenvalue weighted by atomic mass is 19.4. The Morgan fingerprint density at radius 1 is 1.00 bits per heavy atom. The maximum absolute atomic E-state index is 13.7. The highest BCUT2D eigenvalue weighted by molar-refractivity contribution is 5.89. The van der Waals surface area contributed by atoms with Gasteiger partial charge in [0, 0.05) is 12.1 Å². The van der Waals surface area contributed by atoms with Crippen LogP contribution in [0.2, 0.25) is 0 Å². The molecular weight excluding hydrogens is 383 g/mol. The van der Waals surface area contributed by atoms with Crippen LogP contribution in [0.15, 0.2) is 45.6 Å². The number of fused-ring (bicyclic) bond motifs is 3. The molecule has 4 rings (SSSR count). The van der Waals surface area contributed by atoms with E-state index in [1.165, 1.54) is 12.1 Å². The SMILES string of the molecule is O=c1c(-c2ccc([N+](=O)[O-])cc2)c(C(F)(F)F)oc2c3c(ccc12)OCCO3. The van der Waals surface area contributed by atoms with Gasteiger partial charge in [0.25, 0.3) is 5.69 Å². The first-order chi connectivity index (χ1) is 13.3. The van der Waals surface area contributed by atoms with E-state index in [4.69, 9.17) is 13.9 Å². The fourth-order valence-corrected chi connectivity index (χ4v) is 2.97. The summed E-state index contributed by atoms with van der Waals surface area (Å²) in [7, 11) is 0. The minimum atomic E-state index is -4.98. The Morgan fingerprint density at radius 2 is 1.68 bits per heavy atom. The lowest BCUT2D eigenvalue weighted by molar-refractivity contribution is -0.384. The van der Waals surface area contributed by atoms with Gasteiger partial charge >= 0.3 is 6.18 Å². The lowest BCUT2D eigenvalue weighted by Crippen LogP contribution is -2.19. The number of nitro benzene ring substituents is 1. The Hall–Kier alpha value is -3.56. The molecule has 0 fully saturated rings. The first-order valence-corrected chi connectivity index (χ1v) is 7.99. The molecular formula is C18H10F3NO6. The van der Waals surface area contributed by atoms with Gasteiger partial charge in [-0.15, -0.1) is 0 Å². The molecule has 7 nitrogen and oxygen atoms in total. The number of alkyl halides is 3. The van der Waals surface area contributed by atoms with Crippen molar-refractivity contribution in [3.63, 3.8) is 0 Å². The summed E-state index contributed by atoms with van der Waals surface area (Å²) in [6.07, 6.45) is -4.98. The van der Waals surface area contributed by atoms with Crippen LogP contribution in [-0.4, -0.2) is 18.1 Å². The number of ether oxygens (including phenoxy) is 2. The molecule has 2 heterocycles. The van der Waals surface area contributed by atoms with Crippen LogP contribution in [0.5, 0.6) is 11.5 Å². The monoisotopic (exact) mass is 393 g/mol. The average molecular weight is 393 g/mol. The van der Waals surface area contributed by atoms with E-state index >= 15 is 0 Å². The smallest absolute Gasteiger partial charge is 0.450 e. The summed E-state index contributed by atoms with van der Waals surface area (Å²) < 4.78 is 56.8. The van der Waals surface area contributed by atoms with Crippen molar-refractivity contribution in [1.82, 2.24) is 0 Å². The third-order valence-electron chi connectivity index (χ3n) is 4.19. The van der Waals surface area contributed by atoms with Crippen LogP contribution >= 0.6 is 0 Å². The van der Waals surface area contributed by atoms with Crippen LogP contribution in [0.3, 0.4) is 0 Å². The van der Waals surface area contributed by atoms with Crippen LogP contribution in [0.25, 0.3) is 22.1 Å². The van der Waals surface area contributed by atoms with E-state index in [-0.39, 0.29) is 46.9 Å². The maximum atomic E-state index is 13.7. The van der Waals surface area contributed by atoms with Crippen molar-refractivity contribution >= 4 is 16.7 Å². The highest BCUT2D eigenvalue weighted by Crippen LogP contribution is 2.42. The molecule has 0 spiro atoms. The van der Waals surface area contributed by atoms with E-state index in [1.807, 2.05) is 0 Å². The Morgan fingerprint density at radius 3 is 2.32 bits per heavy atom. The fraction of sp³-hybridized carbons (Fsp3) is 0.167. The van der Waals surface area contributed by atoms with Gasteiger partial charge in [-0.3, -0.25) is 14.9 Å². The molecule has 2 aromatic carbocycles. The Balaban J connectivity index is 2.04. The van der Waals surface area contributed by atoms with E-state index in [9.17, 15) is 28.1 Å². The lowest BCUT2D eigenvalue weighted by atomic mass is 10.0. The molecule has 0 radical (unpaired) electrons. The Labute approximate surface area is 154 Å². The van der Waals surface area contributed by atoms with Crippen molar-refractivity contribution in [1.29, 1.82) is 0 Å². The summed E-state index contributed by atoms with van der Waals surface area (Å²) in [4.78, 5) is 23.0. The minimum absolute atomic E-state index is 0.0680. The molecule has 0 saturated carbocycles. The fourth-order valence-electron chi connectivity index (χ4n) is 2.97. The van der Waals surface area contributed by atoms with Crippen molar-refractivity contribution in [2.75, 3.05) is 13.2 Å². The normalized spacial score (nSPS) is 13.5. The molecule has 3 aromatic rings. The van der Waals surface area contributed by atoms with Crippen LogP contribution in [-0.2, 0) is 6.18 Å². The third kappa shape index (κ3) is 2.82. The quantitative estimate of drug-likeness (QED) is 0.480. The molecule has 1 aliphatic rings. The number of benzene rings is 2. The summed E-state index contributed by atoms with van der Waals surface area (Å²) in [5.74, 6) is -1.40. The predicted molar refractivity (Wildman–Crippen MR) is 90.6 cm³/mol. The molecule has 0 atom stereocenters. The average Bonchev–Trinajstić information content (AvgIpc) is 2.67. The second kappa shape index (κ2) is 6.25. The summed E-state index contributed by atoms with van der Waals surface area (Å²) in [6.45, 7) is 0.316. The van der Waals surface area contributed by atoms with Crippen molar-refractivity contribution < 1.29 is 32.0 Å². The molecule has 144 valence electrons. The summed E-state index contributed by atoms with van der Waals surface area (Å²) in [6, 6.07) is 6.89. The topological polar surface area (TPSA) is 91.8 Å². The number of halogens is 3. The highest BCUT2D eigenvalue weighted by Gasteiger charge is 2.40. The number of hydrogen-bond acceptors (Lipinski definition) is 6. The Kier molecular flexibility index (Phi) is 3.98. The zero-order chi connectivity index (χ0) is 20.1. The number of hydrogen-bond donors (Lipinski definition) is 0. The first kappa shape index (κ1) is 17.8. The van der Waals surface area contributed by atoms with Gasteiger partial charge in [-0.2, -0.15) is 13.2 Å².